The van der Waals surface area contributed by atoms with Gasteiger partial charge in [-0.15, -0.1) is 0 Å². The average molecular weight is 398 g/mol. The van der Waals surface area contributed by atoms with Crippen molar-refractivity contribution in [1.29, 1.82) is 0 Å². The third-order valence-corrected chi connectivity index (χ3v) is 4.73. The summed E-state index contributed by atoms with van der Waals surface area (Å²) in [6.45, 7) is 6.18. The molecule has 1 aromatic carbocycles. The molecule has 9 heteroatoms. The van der Waals surface area contributed by atoms with Crippen molar-refractivity contribution in [3.8, 4) is 11.5 Å². The molecule has 0 radical (unpaired) electrons. The van der Waals surface area contributed by atoms with E-state index in [1.54, 1.807) is 25.1 Å². The third kappa shape index (κ3) is 4.39. The molecule has 0 saturated carbocycles. The molecule has 0 aliphatic heterocycles. The number of methoxy groups -OCH3 is 2. The Labute approximate surface area is 169 Å². The largest absolute Gasteiger partial charge is 0.497 e. The highest BCUT2D eigenvalue weighted by Gasteiger charge is 2.15. The van der Waals surface area contributed by atoms with Crippen LogP contribution >= 0.6 is 0 Å². The first-order valence-electron chi connectivity index (χ1n) is 9.50. The number of benzene rings is 1. The van der Waals surface area contributed by atoms with Crippen LogP contribution in [0.4, 0.5) is 5.82 Å². The SMILES string of the molecule is CCN(CC)c1ncnc2c1cnn2CC(=O)NCc1cc(OC)ccc1OC. The van der Waals surface area contributed by atoms with Crippen molar-refractivity contribution in [3.05, 3.63) is 36.3 Å². The number of carbonyl (C=O) groups excluding carboxylic acids is 1. The second-order valence-corrected chi connectivity index (χ2v) is 6.36. The summed E-state index contributed by atoms with van der Waals surface area (Å²) in [4.78, 5) is 23.4. The lowest BCUT2D eigenvalue weighted by Crippen LogP contribution is -2.28. The van der Waals surface area contributed by atoms with Gasteiger partial charge in [-0.05, 0) is 32.0 Å². The van der Waals surface area contributed by atoms with Gasteiger partial charge in [-0.3, -0.25) is 4.79 Å². The van der Waals surface area contributed by atoms with Crippen molar-refractivity contribution in [1.82, 2.24) is 25.1 Å². The minimum absolute atomic E-state index is 0.0600. The molecule has 0 fully saturated rings. The van der Waals surface area contributed by atoms with Crippen molar-refractivity contribution in [3.63, 3.8) is 0 Å². The van der Waals surface area contributed by atoms with Gasteiger partial charge in [0.2, 0.25) is 5.91 Å². The topological polar surface area (TPSA) is 94.4 Å². The third-order valence-electron chi connectivity index (χ3n) is 4.73. The predicted molar refractivity (Wildman–Crippen MR) is 110 cm³/mol. The van der Waals surface area contributed by atoms with E-state index in [2.05, 4.69) is 39.1 Å². The lowest BCUT2D eigenvalue weighted by molar-refractivity contribution is -0.121. The molecule has 0 aliphatic carbocycles. The molecule has 29 heavy (non-hydrogen) atoms. The molecule has 0 bridgehead atoms. The summed E-state index contributed by atoms with van der Waals surface area (Å²) < 4.78 is 12.2. The van der Waals surface area contributed by atoms with Gasteiger partial charge < -0.3 is 19.7 Å². The molecular formula is C20H26N6O3. The van der Waals surface area contributed by atoms with E-state index < -0.39 is 0 Å². The number of carbonyl (C=O) groups is 1. The number of hydrogen-bond donors (Lipinski definition) is 1. The van der Waals surface area contributed by atoms with Crippen LogP contribution in [0.3, 0.4) is 0 Å². The highest BCUT2D eigenvalue weighted by atomic mass is 16.5. The molecule has 0 saturated heterocycles. The maximum atomic E-state index is 12.5. The van der Waals surface area contributed by atoms with E-state index in [0.717, 1.165) is 29.9 Å². The molecule has 3 aromatic rings. The Kier molecular flexibility index (Phi) is 6.48. The maximum absolute atomic E-state index is 12.5. The molecule has 9 nitrogen and oxygen atoms in total. The first kappa shape index (κ1) is 20.4. The Morgan fingerprint density at radius 3 is 2.66 bits per heavy atom. The first-order valence-corrected chi connectivity index (χ1v) is 9.50. The number of nitrogens with zero attached hydrogens (tertiary/aromatic N) is 5. The molecule has 2 heterocycles. The lowest BCUT2D eigenvalue weighted by Gasteiger charge is -2.19. The molecule has 0 aliphatic rings. The van der Waals surface area contributed by atoms with Crippen molar-refractivity contribution >= 4 is 22.8 Å². The van der Waals surface area contributed by atoms with Gasteiger partial charge in [0.25, 0.3) is 0 Å². The molecule has 154 valence electrons. The number of hydrogen-bond acceptors (Lipinski definition) is 7. The smallest absolute Gasteiger partial charge is 0.242 e. The van der Waals surface area contributed by atoms with E-state index in [9.17, 15) is 4.79 Å². The molecule has 2 aromatic heterocycles. The summed E-state index contributed by atoms with van der Waals surface area (Å²) in [5, 5.41) is 8.08. The van der Waals surface area contributed by atoms with Gasteiger partial charge in [-0.1, -0.05) is 0 Å². The van der Waals surface area contributed by atoms with Crippen LogP contribution in [-0.4, -0.2) is 53.0 Å². The summed E-state index contributed by atoms with van der Waals surface area (Å²) in [7, 11) is 3.19. The predicted octanol–water partition coefficient (Wildman–Crippen LogP) is 2.01. The molecule has 1 N–H and O–H groups in total. The van der Waals surface area contributed by atoms with Crippen LogP contribution in [0.15, 0.2) is 30.7 Å². The van der Waals surface area contributed by atoms with Crippen LogP contribution in [0.25, 0.3) is 11.0 Å². The summed E-state index contributed by atoms with van der Waals surface area (Å²) in [5.74, 6) is 2.04. The molecule has 0 spiro atoms. The van der Waals surface area contributed by atoms with Gasteiger partial charge in [0.05, 0.1) is 25.8 Å². The number of nitrogens with one attached hydrogen (secondary N) is 1. The van der Waals surface area contributed by atoms with Crippen molar-refractivity contribution in [2.75, 3.05) is 32.2 Å². The molecule has 0 atom stereocenters. The van der Waals surface area contributed by atoms with Gasteiger partial charge >= 0.3 is 0 Å². The molecule has 0 unspecified atom stereocenters. The summed E-state index contributed by atoms with van der Waals surface area (Å²) in [6.07, 6.45) is 3.22. The van der Waals surface area contributed by atoms with Crippen LogP contribution < -0.4 is 19.7 Å². The number of amides is 1. The number of fused-ring (bicyclic) bond motifs is 1. The number of ether oxygens (including phenoxy) is 2. The summed E-state index contributed by atoms with van der Waals surface area (Å²) in [6, 6.07) is 5.46. The van der Waals surface area contributed by atoms with Gasteiger partial charge in [0.1, 0.15) is 30.2 Å². The maximum Gasteiger partial charge on any atom is 0.242 e. The standard InChI is InChI=1S/C20H26N6O3/c1-5-25(6-2)19-16-11-24-26(20(16)23-13-22-19)12-18(27)21-10-14-9-15(28-3)7-8-17(14)29-4/h7-9,11,13H,5-6,10,12H2,1-4H3,(H,21,27). The van der Waals surface area contributed by atoms with Crippen LogP contribution in [0, 0.1) is 0 Å². The van der Waals surface area contributed by atoms with Gasteiger partial charge in [-0.2, -0.15) is 5.10 Å². The molecule has 1 amide bonds. The summed E-state index contributed by atoms with van der Waals surface area (Å²) >= 11 is 0. The van der Waals surface area contributed by atoms with Crippen LogP contribution in [0.1, 0.15) is 19.4 Å². The van der Waals surface area contributed by atoms with Gasteiger partial charge in [0, 0.05) is 25.2 Å². The quantitative estimate of drug-likeness (QED) is 0.589. The number of aromatic nitrogens is 4. The van der Waals surface area contributed by atoms with Crippen LogP contribution in [-0.2, 0) is 17.9 Å². The van der Waals surface area contributed by atoms with Crippen LogP contribution in [0.5, 0.6) is 11.5 Å². The monoisotopic (exact) mass is 398 g/mol. The number of anilines is 1. The number of rotatable bonds is 9. The zero-order chi connectivity index (χ0) is 20.8. The first-order chi connectivity index (χ1) is 14.1. The Morgan fingerprint density at radius 1 is 1.17 bits per heavy atom. The zero-order valence-corrected chi connectivity index (χ0v) is 17.2. The Hall–Kier alpha value is -3.36. The van der Waals surface area contributed by atoms with Crippen molar-refractivity contribution in [2.24, 2.45) is 0 Å². The Morgan fingerprint density at radius 2 is 1.97 bits per heavy atom. The Balaban J connectivity index is 1.73. The van der Waals surface area contributed by atoms with E-state index >= 15 is 0 Å². The van der Waals surface area contributed by atoms with Gasteiger partial charge in [0.15, 0.2) is 5.65 Å². The fourth-order valence-electron chi connectivity index (χ4n) is 3.18. The zero-order valence-electron chi connectivity index (χ0n) is 17.2. The lowest BCUT2D eigenvalue weighted by atomic mass is 10.2. The van der Waals surface area contributed by atoms with E-state index in [1.807, 2.05) is 18.2 Å². The van der Waals surface area contributed by atoms with E-state index in [-0.39, 0.29) is 12.5 Å². The highest BCUT2D eigenvalue weighted by molar-refractivity contribution is 5.87. The fourth-order valence-corrected chi connectivity index (χ4v) is 3.18. The Bertz CT molecular complexity index is 984. The second-order valence-electron chi connectivity index (χ2n) is 6.36. The highest BCUT2D eigenvalue weighted by Crippen LogP contribution is 2.24. The second kappa shape index (κ2) is 9.22. The average Bonchev–Trinajstić information content (AvgIpc) is 3.16. The summed E-state index contributed by atoms with van der Waals surface area (Å²) in [5.41, 5.74) is 1.47. The van der Waals surface area contributed by atoms with Gasteiger partial charge in [-0.25, -0.2) is 14.6 Å². The minimum Gasteiger partial charge on any atom is -0.497 e. The van der Waals surface area contributed by atoms with Crippen molar-refractivity contribution < 1.29 is 14.3 Å². The molecule has 3 rings (SSSR count). The van der Waals surface area contributed by atoms with E-state index in [4.69, 9.17) is 9.47 Å². The van der Waals surface area contributed by atoms with Crippen LogP contribution in [0.2, 0.25) is 0 Å². The minimum atomic E-state index is -0.178. The van der Waals surface area contributed by atoms with Crippen molar-refractivity contribution in [2.45, 2.75) is 26.9 Å². The molecular weight excluding hydrogens is 372 g/mol. The van der Waals surface area contributed by atoms with E-state index in [1.165, 1.54) is 6.33 Å². The van der Waals surface area contributed by atoms with E-state index in [0.29, 0.717) is 23.7 Å². The normalized spacial score (nSPS) is 10.8. The fraction of sp³-hybridized carbons (Fsp3) is 0.400.